The highest BCUT2D eigenvalue weighted by atomic mass is 32.1. The van der Waals surface area contributed by atoms with Crippen LogP contribution in [-0.2, 0) is 9.59 Å². The summed E-state index contributed by atoms with van der Waals surface area (Å²) in [6, 6.07) is -1.02. The smallest absolute Gasteiger partial charge is 0.326 e. The number of thiol groups is 1. The van der Waals surface area contributed by atoms with E-state index >= 15 is 0 Å². The van der Waals surface area contributed by atoms with Crippen molar-refractivity contribution in [1.82, 2.24) is 4.90 Å². The van der Waals surface area contributed by atoms with E-state index in [2.05, 4.69) is 12.6 Å². The second-order valence-corrected chi connectivity index (χ2v) is 4.13. The van der Waals surface area contributed by atoms with Gasteiger partial charge >= 0.3 is 5.97 Å². The SMILES string of the molecule is C[C@@H](CS)C(=O)N1C[C@@H](F)C[C@H]1C(=O)O. The lowest BCUT2D eigenvalue weighted by molar-refractivity contribution is -0.149. The molecule has 0 aromatic carbocycles. The fraction of sp³-hybridized carbons (Fsp3) is 0.778. The van der Waals surface area contributed by atoms with Crippen LogP contribution in [0.15, 0.2) is 0 Å². The van der Waals surface area contributed by atoms with Gasteiger partial charge in [-0.15, -0.1) is 0 Å². The number of alkyl halides is 1. The standard InChI is InChI=1S/C9H14FNO3S/c1-5(4-15)8(12)11-3-6(10)2-7(11)9(13)14/h5-7,15H,2-4H2,1H3,(H,13,14)/t5-,6-,7-/m0/s1. The largest absolute Gasteiger partial charge is 0.480 e. The van der Waals surface area contributed by atoms with E-state index in [0.29, 0.717) is 5.75 Å². The Hall–Kier alpha value is -0.780. The first-order valence-corrected chi connectivity index (χ1v) is 5.38. The van der Waals surface area contributed by atoms with Crippen molar-refractivity contribution >= 4 is 24.5 Å². The maximum atomic E-state index is 13.0. The zero-order chi connectivity index (χ0) is 11.6. The van der Waals surface area contributed by atoms with E-state index in [1.165, 1.54) is 0 Å². The van der Waals surface area contributed by atoms with Crippen molar-refractivity contribution in [3.63, 3.8) is 0 Å². The molecule has 0 unspecified atom stereocenters. The van der Waals surface area contributed by atoms with Gasteiger partial charge < -0.3 is 10.0 Å². The molecule has 15 heavy (non-hydrogen) atoms. The van der Waals surface area contributed by atoms with E-state index in [-0.39, 0.29) is 24.8 Å². The Kier molecular flexibility index (Phi) is 3.96. The number of halogens is 1. The highest BCUT2D eigenvalue weighted by Gasteiger charge is 2.40. The van der Waals surface area contributed by atoms with Gasteiger partial charge in [-0.3, -0.25) is 4.79 Å². The van der Waals surface area contributed by atoms with E-state index in [4.69, 9.17) is 5.11 Å². The zero-order valence-corrected chi connectivity index (χ0v) is 9.28. The fourth-order valence-corrected chi connectivity index (χ4v) is 1.78. The summed E-state index contributed by atoms with van der Waals surface area (Å²) in [7, 11) is 0. The lowest BCUT2D eigenvalue weighted by Gasteiger charge is -2.23. The molecule has 1 N–H and O–H groups in total. The number of carboxylic acid groups (broad SMARTS) is 1. The lowest BCUT2D eigenvalue weighted by atomic mass is 10.1. The van der Waals surface area contributed by atoms with Gasteiger partial charge in [0, 0.05) is 18.1 Å². The van der Waals surface area contributed by atoms with Crippen LogP contribution in [-0.4, -0.2) is 46.4 Å². The Morgan fingerprint density at radius 2 is 2.27 bits per heavy atom. The normalized spacial score (nSPS) is 27.8. The number of likely N-dealkylation sites (tertiary alicyclic amines) is 1. The summed E-state index contributed by atoms with van der Waals surface area (Å²) in [6.45, 7) is 1.54. The molecule has 1 heterocycles. The summed E-state index contributed by atoms with van der Waals surface area (Å²) in [6.07, 6.45) is -1.34. The van der Waals surface area contributed by atoms with Gasteiger partial charge in [-0.25, -0.2) is 9.18 Å². The summed E-state index contributed by atoms with van der Waals surface area (Å²) in [5, 5.41) is 8.83. The lowest BCUT2D eigenvalue weighted by Crippen LogP contribution is -2.43. The van der Waals surface area contributed by atoms with E-state index in [0.717, 1.165) is 4.90 Å². The number of carbonyl (C=O) groups excluding carboxylic acids is 1. The van der Waals surface area contributed by atoms with Crippen molar-refractivity contribution in [2.24, 2.45) is 5.92 Å². The number of nitrogens with zero attached hydrogens (tertiary/aromatic N) is 1. The van der Waals surface area contributed by atoms with Crippen LogP contribution in [0.1, 0.15) is 13.3 Å². The Balaban J connectivity index is 2.75. The number of carbonyl (C=O) groups is 2. The van der Waals surface area contributed by atoms with Crippen LogP contribution in [0.3, 0.4) is 0 Å². The Labute approximate surface area is 92.9 Å². The monoisotopic (exact) mass is 235 g/mol. The number of hydrogen-bond acceptors (Lipinski definition) is 3. The second-order valence-electron chi connectivity index (χ2n) is 3.76. The number of aliphatic carboxylic acids is 1. The molecule has 0 saturated carbocycles. The third-order valence-electron chi connectivity index (χ3n) is 2.51. The van der Waals surface area contributed by atoms with Gasteiger partial charge in [0.05, 0.1) is 6.54 Å². The molecule has 0 aromatic rings. The van der Waals surface area contributed by atoms with Crippen molar-refractivity contribution < 1.29 is 19.1 Å². The van der Waals surface area contributed by atoms with Crippen molar-refractivity contribution in [2.45, 2.75) is 25.6 Å². The third kappa shape index (κ3) is 2.62. The van der Waals surface area contributed by atoms with Crippen molar-refractivity contribution in [2.75, 3.05) is 12.3 Å². The first-order valence-electron chi connectivity index (χ1n) is 4.75. The molecule has 1 rings (SSSR count). The minimum Gasteiger partial charge on any atom is -0.480 e. The molecule has 1 aliphatic heterocycles. The predicted molar refractivity (Wildman–Crippen MR) is 55.7 cm³/mol. The maximum Gasteiger partial charge on any atom is 0.326 e. The average molecular weight is 235 g/mol. The van der Waals surface area contributed by atoms with Crippen molar-refractivity contribution in [3.8, 4) is 0 Å². The molecule has 0 aliphatic carbocycles. The molecule has 1 fully saturated rings. The van der Waals surface area contributed by atoms with Gasteiger partial charge in [0.2, 0.25) is 5.91 Å². The van der Waals surface area contributed by atoms with Crippen LogP contribution < -0.4 is 0 Å². The molecule has 0 aromatic heterocycles. The first-order chi connectivity index (χ1) is 6.97. The molecular formula is C9H14FNO3S. The highest BCUT2D eigenvalue weighted by molar-refractivity contribution is 7.80. The van der Waals surface area contributed by atoms with Crippen LogP contribution in [0.25, 0.3) is 0 Å². The topological polar surface area (TPSA) is 57.6 Å². The van der Waals surface area contributed by atoms with Crippen LogP contribution >= 0.6 is 12.6 Å². The molecule has 0 spiro atoms. The van der Waals surface area contributed by atoms with Crippen LogP contribution in [0.5, 0.6) is 0 Å². The minimum absolute atomic E-state index is 0.111. The molecule has 0 bridgehead atoms. The van der Waals surface area contributed by atoms with Gasteiger partial charge in [0.15, 0.2) is 0 Å². The Bertz CT molecular complexity index is 274. The average Bonchev–Trinajstić information content (AvgIpc) is 2.58. The molecule has 86 valence electrons. The van der Waals surface area contributed by atoms with Gasteiger partial charge in [-0.2, -0.15) is 12.6 Å². The van der Waals surface area contributed by atoms with Gasteiger partial charge in [0.1, 0.15) is 12.2 Å². The summed E-state index contributed by atoms with van der Waals surface area (Å²) in [5.41, 5.74) is 0. The van der Waals surface area contributed by atoms with E-state index in [9.17, 15) is 14.0 Å². The first kappa shape index (κ1) is 12.3. The highest BCUT2D eigenvalue weighted by Crippen LogP contribution is 2.22. The van der Waals surface area contributed by atoms with E-state index in [1.807, 2.05) is 0 Å². The van der Waals surface area contributed by atoms with E-state index in [1.54, 1.807) is 6.92 Å². The number of carboxylic acids is 1. The van der Waals surface area contributed by atoms with Crippen molar-refractivity contribution in [3.05, 3.63) is 0 Å². The Morgan fingerprint density at radius 3 is 2.73 bits per heavy atom. The van der Waals surface area contributed by atoms with Gasteiger partial charge in [-0.05, 0) is 0 Å². The number of hydrogen-bond donors (Lipinski definition) is 2. The molecular weight excluding hydrogens is 221 g/mol. The molecule has 0 radical (unpaired) electrons. The van der Waals surface area contributed by atoms with Crippen LogP contribution in [0, 0.1) is 5.92 Å². The third-order valence-corrected chi connectivity index (χ3v) is 3.06. The van der Waals surface area contributed by atoms with Crippen LogP contribution in [0.4, 0.5) is 4.39 Å². The second kappa shape index (κ2) is 4.83. The quantitative estimate of drug-likeness (QED) is 0.703. The molecule has 4 nitrogen and oxygen atoms in total. The zero-order valence-electron chi connectivity index (χ0n) is 8.39. The molecule has 1 amide bonds. The molecule has 6 heteroatoms. The summed E-state index contributed by atoms with van der Waals surface area (Å²) < 4.78 is 13.0. The molecule has 3 atom stereocenters. The molecule has 1 aliphatic rings. The summed E-state index contributed by atoms with van der Waals surface area (Å²) in [5.74, 6) is -1.52. The summed E-state index contributed by atoms with van der Waals surface area (Å²) in [4.78, 5) is 23.6. The van der Waals surface area contributed by atoms with Crippen LogP contribution in [0.2, 0.25) is 0 Å². The predicted octanol–water partition coefficient (Wildman–Crippen LogP) is 0.576. The van der Waals surface area contributed by atoms with Crippen molar-refractivity contribution in [1.29, 1.82) is 0 Å². The minimum atomic E-state index is -1.23. The van der Waals surface area contributed by atoms with E-state index < -0.39 is 18.2 Å². The van der Waals surface area contributed by atoms with Gasteiger partial charge in [0.25, 0.3) is 0 Å². The number of amides is 1. The van der Waals surface area contributed by atoms with Gasteiger partial charge in [-0.1, -0.05) is 6.92 Å². The maximum absolute atomic E-state index is 13.0. The summed E-state index contributed by atoms with van der Waals surface area (Å²) >= 11 is 3.96. The number of rotatable bonds is 3. The fourth-order valence-electron chi connectivity index (χ4n) is 1.62. The Morgan fingerprint density at radius 1 is 1.67 bits per heavy atom. The molecule has 1 saturated heterocycles.